The maximum absolute atomic E-state index is 12.2. The largest absolute Gasteiger partial charge is 0.472 e. The Balaban J connectivity index is 4.02. The molecule has 0 heterocycles. The van der Waals surface area contributed by atoms with Gasteiger partial charge in [0, 0.05) is 19.4 Å². The third kappa shape index (κ3) is 27.0. The normalized spacial score (nSPS) is 13.6. The molecule has 0 bridgehead atoms. The summed E-state index contributed by atoms with van der Waals surface area (Å²) in [6.07, 6.45) is 20.8. The van der Waals surface area contributed by atoms with Crippen LogP contribution in [0.3, 0.4) is 0 Å². The molecule has 0 spiro atoms. The molecule has 0 rings (SSSR count). The van der Waals surface area contributed by atoms with Gasteiger partial charge >= 0.3 is 19.8 Å². The second kappa shape index (κ2) is 27.2. The highest BCUT2D eigenvalue weighted by molar-refractivity contribution is 7.47. The van der Waals surface area contributed by atoms with Crippen molar-refractivity contribution in [2.45, 2.75) is 148 Å². The maximum atomic E-state index is 12.2. The molecule has 0 aliphatic carbocycles. The molecule has 39 heavy (non-hydrogen) atoms. The summed E-state index contributed by atoms with van der Waals surface area (Å²) >= 11 is 0. The molecule has 0 aliphatic rings. The Morgan fingerprint density at radius 1 is 0.667 bits per heavy atom. The molecular formula is C29H58NO8P. The second-order valence-electron chi connectivity index (χ2n) is 10.3. The monoisotopic (exact) mass is 579 g/mol. The first-order valence-electron chi connectivity index (χ1n) is 15.5. The van der Waals surface area contributed by atoms with Gasteiger partial charge in [0.25, 0.3) is 0 Å². The minimum atomic E-state index is -4.34. The van der Waals surface area contributed by atoms with Crippen LogP contribution in [-0.2, 0) is 32.7 Å². The summed E-state index contributed by atoms with van der Waals surface area (Å²) in [6.45, 7) is 3.52. The van der Waals surface area contributed by atoms with Crippen LogP contribution in [-0.4, -0.2) is 49.3 Å². The van der Waals surface area contributed by atoms with Crippen molar-refractivity contribution >= 4 is 19.8 Å². The van der Waals surface area contributed by atoms with Gasteiger partial charge in [-0.2, -0.15) is 0 Å². The van der Waals surface area contributed by atoms with E-state index in [0.29, 0.717) is 6.42 Å². The van der Waals surface area contributed by atoms with Crippen LogP contribution in [0.15, 0.2) is 0 Å². The van der Waals surface area contributed by atoms with E-state index in [1.54, 1.807) is 0 Å². The molecule has 0 aromatic carbocycles. The first kappa shape index (κ1) is 38.0. The lowest BCUT2D eigenvalue weighted by Gasteiger charge is -2.19. The predicted molar refractivity (Wildman–Crippen MR) is 155 cm³/mol. The number of carbonyl (C=O) groups is 2. The van der Waals surface area contributed by atoms with Crippen molar-refractivity contribution in [1.29, 1.82) is 0 Å². The Hall–Kier alpha value is -0.990. The minimum Gasteiger partial charge on any atom is -0.462 e. The number of nitrogens with two attached hydrogens (primary N) is 1. The molecule has 0 radical (unpaired) electrons. The SMILES string of the molecule is CCCCCCCCCCCCCCCCCC(=O)OC[C@H](COP(=O)(O)OCCN)OC(=O)CCCCC. The van der Waals surface area contributed by atoms with Gasteiger partial charge in [-0.1, -0.05) is 117 Å². The summed E-state index contributed by atoms with van der Waals surface area (Å²) in [4.78, 5) is 34.0. The van der Waals surface area contributed by atoms with Crippen molar-refractivity contribution in [1.82, 2.24) is 0 Å². The van der Waals surface area contributed by atoms with Gasteiger partial charge in [0.15, 0.2) is 6.10 Å². The summed E-state index contributed by atoms with van der Waals surface area (Å²) in [7, 11) is -4.34. The number of phosphoric acid groups is 1. The lowest BCUT2D eigenvalue weighted by atomic mass is 10.0. The van der Waals surface area contributed by atoms with Crippen LogP contribution >= 0.6 is 7.82 Å². The number of hydrogen-bond acceptors (Lipinski definition) is 8. The van der Waals surface area contributed by atoms with Crippen LogP contribution in [0.2, 0.25) is 0 Å². The molecule has 10 heteroatoms. The van der Waals surface area contributed by atoms with Crippen molar-refractivity contribution in [2.75, 3.05) is 26.4 Å². The Kier molecular flexibility index (Phi) is 26.5. The van der Waals surface area contributed by atoms with Crippen molar-refractivity contribution in [3.8, 4) is 0 Å². The molecule has 0 saturated heterocycles. The lowest BCUT2D eigenvalue weighted by Crippen LogP contribution is -2.29. The second-order valence-corrected chi connectivity index (χ2v) is 11.8. The van der Waals surface area contributed by atoms with Crippen LogP contribution < -0.4 is 5.73 Å². The maximum Gasteiger partial charge on any atom is 0.472 e. The minimum absolute atomic E-state index is 0.0562. The van der Waals surface area contributed by atoms with E-state index in [-0.39, 0.29) is 38.6 Å². The van der Waals surface area contributed by atoms with E-state index in [0.717, 1.165) is 32.1 Å². The molecule has 0 aromatic heterocycles. The van der Waals surface area contributed by atoms with Gasteiger partial charge in [-0.3, -0.25) is 18.6 Å². The number of unbranched alkanes of at least 4 members (excludes halogenated alkanes) is 16. The van der Waals surface area contributed by atoms with Crippen molar-refractivity contribution in [2.24, 2.45) is 5.73 Å². The summed E-state index contributed by atoms with van der Waals surface area (Å²) in [5.41, 5.74) is 5.27. The Labute approximate surface area is 237 Å². The van der Waals surface area contributed by atoms with E-state index >= 15 is 0 Å². The average Bonchev–Trinajstić information content (AvgIpc) is 2.91. The van der Waals surface area contributed by atoms with E-state index in [9.17, 15) is 19.0 Å². The highest BCUT2D eigenvalue weighted by Gasteiger charge is 2.25. The number of esters is 2. The zero-order valence-electron chi connectivity index (χ0n) is 24.9. The van der Waals surface area contributed by atoms with Gasteiger partial charge in [0.2, 0.25) is 0 Å². The van der Waals surface area contributed by atoms with E-state index in [1.165, 1.54) is 77.0 Å². The molecule has 9 nitrogen and oxygen atoms in total. The zero-order chi connectivity index (χ0) is 29.0. The summed E-state index contributed by atoms with van der Waals surface area (Å²) < 4.78 is 32.1. The summed E-state index contributed by atoms with van der Waals surface area (Å²) in [6, 6.07) is 0. The first-order valence-corrected chi connectivity index (χ1v) is 17.0. The molecular weight excluding hydrogens is 521 g/mol. The van der Waals surface area contributed by atoms with Crippen molar-refractivity contribution in [3.05, 3.63) is 0 Å². The van der Waals surface area contributed by atoms with Gasteiger partial charge in [-0.25, -0.2) is 4.57 Å². The van der Waals surface area contributed by atoms with E-state index in [2.05, 4.69) is 6.92 Å². The zero-order valence-corrected chi connectivity index (χ0v) is 25.8. The van der Waals surface area contributed by atoms with Gasteiger partial charge in [-0.05, 0) is 12.8 Å². The highest BCUT2D eigenvalue weighted by atomic mass is 31.2. The van der Waals surface area contributed by atoms with E-state index in [4.69, 9.17) is 24.3 Å². The summed E-state index contributed by atoms with van der Waals surface area (Å²) in [5, 5.41) is 0. The molecule has 2 atom stereocenters. The van der Waals surface area contributed by atoms with Crippen LogP contribution in [0.5, 0.6) is 0 Å². The first-order chi connectivity index (χ1) is 18.8. The number of rotatable bonds is 29. The fraction of sp³-hybridized carbons (Fsp3) is 0.931. The molecule has 1 unspecified atom stereocenters. The van der Waals surface area contributed by atoms with Crippen molar-refractivity contribution in [3.63, 3.8) is 0 Å². The molecule has 0 fully saturated rings. The van der Waals surface area contributed by atoms with E-state index < -0.39 is 26.5 Å². The molecule has 0 amide bonds. The van der Waals surface area contributed by atoms with Crippen LogP contribution in [0.1, 0.15) is 142 Å². The number of hydrogen-bond donors (Lipinski definition) is 2. The Morgan fingerprint density at radius 2 is 1.10 bits per heavy atom. The topological polar surface area (TPSA) is 134 Å². The van der Waals surface area contributed by atoms with Crippen molar-refractivity contribution < 1.29 is 37.6 Å². The molecule has 232 valence electrons. The van der Waals surface area contributed by atoms with E-state index in [1.807, 2.05) is 6.92 Å². The standard InChI is InChI=1S/C29H58NO8P/c1-3-5-7-8-9-10-11-12-13-14-15-16-17-18-20-21-28(31)35-25-27(38-29(32)22-19-6-4-2)26-37-39(33,34)36-24-23-30/h27H,3-26,30H2,1-2H3,(H,33,34)/t27-/m1/s1. The Bertz CT molecular complexity index is 634. The van der Waals surface area contributed by atoms with Gasteiger partial charge in [0.1, 0.15) is 6.61 Å². The Morgan fingerprint density at radius 3 is 1.62 bits per heavy atom. The van der Waals surface area contributed by atoms with Crippen LogP contribution in [0.4, 0.5) is 0 Å². The molecule has 0 saturated carbocycles. The number of ether oxygens (including phenoxy) is 2. The highest BCUT2D eigenvalue weighted by Crippen LogP contribution is 2.43. The number of carbonyl (C=O) groups excluding carboxylic acids is 2. The average molecular weight is 580 g/mol. The lowest BCUT2D eigenvalue weighted by molar-refractivity contribution is -0.161. The fourth-order valence-corrected chi connectivity index (χ4v) is 4.93. The fourth-order valence-electron chi connectivity index (χ4n) is 4.16. The predicted octanol–water partition coefficient (Wildman–Crippen LogP) is 7.38. The van der Waals surface area contributed by atoms with Gasteiger partial charge < -0.3 is 20.1 Å². The van der Waals surface area contributed by atoms with Gasteiger partial charge in [0.05, 0.1) is 13.2 Å². The number of phosphoric ester groups is 1. The smallest absolute Gasteiger partial charge is 0.462 e. The molecule has 0 aliphatic heterocycles. The third-order valence-electron chi connectivity index (χ3n) is 6.49. The van der Waals surface area contributed by atoms with Crippen LogP contribution in [0, 0.1) is 0 Å². The third-order valence-corrected chi connectivity index (χ3v) is 7.48. The quantitative estimate of drug-likeness (QED) is 0.0529. The van der Waals surface area contributed by atoms with Gasteiger partial charge in [-0.15, -0.1) is 0 Å². The molecule has 3 N–H and O–H groups in total. The molecule has 0 aromatic rings. The summed E-state index contributed by atoms with van der Waals surface area (Å²) in [5.74, 6) is -0.852. The van der Waals surface area contributed by atoms with Crippen LogP contribution in [0.25, 0.3) is 0 Å².